The molecule has 1 aromatic carbocycles. The number of halogens is 1. The van der Waals surface area contributed by atoms with Gasteiger partial charge in [-0.05, 0) is 26.0 Å². The minimum atomic E-state index is -0.890. The molecule has 1 amide bonds. The van der Waals surface area contributed by atoms with Crippen LogP contribution in [0.5, 0.6) is 5.75 Å². The molecule has 20 heavy (non-hydrogen) atoms. The molecule has 1 rings (SSSR count). The normalized spacial score (nSPS) is 13.7. The molecule has 5 nitrogen and oxygen atoms in total. The van der Waals surface area contributed by atoms with E-state index in [2.05, 4.69) is 5.32 Å². The molecule has 2 atom stereocenters. The highest BCUT2D eigenvalue weighted by Crippen LogP contribution is 2.22. The van der Waals surface area contributed by atoms with E-state index in [1.54, 1.807) is 14.0 Å². The Morgan fingerprint density at radius 2 is 2.15 bits per heavy atom. The largest absolute Gasteiger partial charge is 0.481 e. The van der Waals surface area contributed by atoms with E-state index in [-0.39, 0.29) is 17.2 Å². The van der Waals surface area contributed by atoms with Gasteiger partial charge in [-0.2, -0.15) is 0 Å². The Balaban J connectivity index is 2.59. The van der Waals surface area contributed by atoms with E-state index in [4.69, 9.17) is 9.47 Å². The Morgan fingerprint density at radius 1 is 1.45 bits per heavy atom. The standard InChI is InChI=1S/C14H20FNO4/c1-9(17)12-5-4-11(8-13(12)15)20-10(2)14(18)16-6-7-19-3/h4-5,8-10,17H,6-7H2,1-3H3,(H,16,18)/t9-,10?/m1/s1. The maximum absolute atomic E-state index is 13.6. The molecule has 112 valence electrons. The molecule has 0 radical (unpaired) electrons. The molecular weight excluding hydrogens is 265 g/mol. The fraction of sp³-hybridized carbons (Fsp3) is 0.500. The number of carbonyl (C=O) groups excluding carboxylic acids is 1. The highest BCUT2D eigenvalue weighted by Gasteiger charge is 2.15. The minimum absolute atomic E-state index is 0.189. The van der Waals surface area contributed by atoms with Gasteiger partial charge in [0.2, 0.25) is 0 Å². The molecule has 0 fully saturated rings. The molecule has 2 N–H and O–H groups in total. The SMILES string of the molecule is COCCNC(=O)C(C)Oc1ccc([C@@H](C)O)c(F)c1. The lowest BCUT2D eigenvalue weighted by Crippen LogP contribution is -2.37. The van der Waals surface area contributed by atoms with Crippen molar-refractivity contribution in [2.24, 2.45) is 0 Å². The molecule has 1 unspecified atom stereocenters. The van der Waals surface area contributed by atoms with Crippen LogP contribution in [0.25, 0.3) is 0 Å². The summed E-state index contributed by atoms with van der Waals surface area (Å²) in [4.78, 5) is 11.7. The highest BCUT2D eigenvalue weighted by atomic mass is 19.1. The number of hydrogen-bond acceptors (Lipinski definition) is 4. The molecule has 0 heterocycles. The highest BCUT2D eigenvalue weighted by molar-refractivity contribution is 5.80. The van der Waals surface area contributed by atoms with Gasteiger partial charge in [-0.1, -0.05) is 0 Å². The van der Waals surface area contributed by atoms with Crippen molar-refractivity contribution in [3.05, 3.63) is 29.6 Å². The van der Waals surface area contributed by atoms with Crippen LogP contribution in [0.3, 0.4) is 0 Å². The zero-order chi connectivity index (χ0) is 15.1. The van der Waals surface area contributed by atoms with Gasteiger partial charge in [0.25, 0.3) is 5.91 Å². The van der Waals surface area contributed by atoms with Crippen LogP contribution in [0.2, 0.25) is 0 Å². The van der Waals surface area contributed by atoms with Crippen LogP contribution in [0.1, 0.15) is 25.5 Å². The zero-order valence-electron chi connectivity index (χ0n) is 11.9. The van der Waals surface area contributed by atoms with E-state index in [1.165, 1.54) is 19.1 Å². The minimum Gasteiger partial charge on any atom is -0.481 e. The summed E-state index contributed by atoms with van der Waals surface area (Å²) in [5.74, 6) is -0.632. The molecule has 0 aliphatic heterocycles. The van der Waals surface area contributed by atoms with Crippen molar-refractivity contribution >= 4 is 5.91 Å². The van der Waals surface area contributed by atoms with Crippen LogP contribution >= 0.6 is 0 Å². The summed E-state index contributed by atoms with van der Waals surface area (Å²) >= 11 is 0. The first-order valence-electron chi connectivity index (χ1n) is 6.36. The van der Waals surface area contributed by atoms with Crippen molar-refractivity contribution in [3.63, 3.8) is 0 Å². The predicted octanol–water partition coefficient (Wildman–Crippen LogP) is 1.41. The van der Waals surface area contributed by atoms with E-state index < -0.39 is 18.0 Å². The van der Waals surface area contributed by atoms with E-state index in [0.717, 1.165) is 6.07 Å². The number of hydrogen-bond donors (Lipinski definition) is 2. The van der Waals surface area contributed by atoms with Crippen LogP contribution in [0.15, 0.2) is 18.2 Å². The van der Waals surface area contributed by atoms with Gasteiger partial charge in [-0.25, -0.2) is 4.39 Å². The van der Waals surface area contributed by atoms with Gasteiger partial charge in [-0.15, -0.1) is 0 Å². The first-order valence-corrected chi connectivity index (χ1v) is 6.36. The van der Waals surface area contributed by atoms with Gasteiger partial charge in [0.05, 0.1) is 12.7 Å². The Morgan fingerprint density at radius 3 is 2.70 bits per heavy atom. The van der Waals surface area contributed by atoms with Gasteiger partial charge in [0.1, 0.15) is 11.6 Å². The Labute approximate surface area is 117 Å². The van der Waals surface area contributed by atoms with Crippen molar-refractivity contribution in [2.45, 2.75) is 26.1 Å². The molecule has 0 saturated carbocycles. The van der Waals surface area contributed by atoms with Crippen molar-refractivity contribution in [1.29, 1.82) is 0 Å². The van der Waals surface area contributed by atoms with Gasteiger partial charge in [0.15, 0.2) is 6.10 Å². The second kappa shape index (κ2) is 7.81. The average Bonchev–Trinajstić information content (AvgIpc) is 2.38. The number of aliphatic hydroxyl groups is 1. The number of nitrogens with one attached hydrogen (secondary N) is 1. The summed E-state index contributed by atoms with van der Waals surface area (Å²) in [6.07, 6.45) is -1.64. The Kier molecular flexibility index (Phi) is 6.41. The molecule has 0 spiro atoms. The zero-order valence-corrected chi connectivity index (χ0v) is 11.9. The fourth-order valence-electron chi connectivity index (χ4n) is 1.60. The Bertz CT molecular complexity index is 451. The van der Waals surface area contributed by atoms with Gasteiger partial charge in [-0.3, -0.25) is 4.79 Å². The lowest BCUT2D eigenvalue weighted by molar-refractivity contribution is -0.127. The van der Waals surface area contributed by atoms with Crippen LogP contribution in [-0.4, -0.2) is 37.4 Å². The summed E-state index contributed by atoms with van der Waals surface area (Å²) < 4.78 is 23.8. The molecule has 0 aliphatic carbocycles. The third kappa shape index (κ3) is 4.79. The maximum atomic E-state index is 13.6. The van der Waals surface area contributed by atoms with E-state index >= 15 is 0 Å². The summed E-state index contributed by atoms with van der Waals surface area (Å²) in [5, 5.41) is 12.0. The lowest BCUT2D eigenvalue weighted by Gasteiger charge is -2.15. The van der Waals surface area contributed by atoms with Crippen LogP contribution < -0.4 is 10.1 Å². The van der Waals surface area contributed by atoms with Crippen LogP contribution in [-0.2, 0) is 9.53 Å². The van der Waals surface area contributed by atoms with Crippen molar-refractivity contribution in [3.8, 4) is 5.75 Å². The van der Waals surface area contributed by atoms with E-state index in [0.29, 0.717) is 13.2 Å². The number of benzene rings is 1. The third-order valence-electron chi connectivity index (χ3n) is 2.71. The number of methoxy groups -OCH3 is 1. The van der Waals surface area contributed by atoms with Gasteiger partial charge in [0, 0.05) is 25.3 Å². The Hall–Kier alpha value is -1.66. The smallest absolute Gasteiger partial charge is 0.260 e. The van der Waals surface area contributed by atoms with Crippen LogP contribution in [0, 0.1) is 5.82 Å². The van der Waals surface area contributed by atoms with Crippen molar-refractivity contribution in [1.82, 2.24) is 5.32 Å². The third-order valence-corrected chi connectivity index (χ3v) is 2.71. The fourth-order valence-corrected chi connectivity index (χ4v) is 1.60. The van der Waals surface area contributed by atoms with E-state index in [1.807, 2.05) is 0 Å². The molecule has 0 saturated heterocycles. The average molecular weight is 285 g/mol. The summed E-state index contributed by atoms with van der Waals surface area (Å²) in [6, 6.07) is 4.11. The summed E-state index contributed by atoms with van der Waals surface area (Å²) in [7, 11) is 1.54. The van der Waals surface area contributed by atoms with Crippen molar-refractivity contribution in [2.75, 3.05) is 20.3 Å². The van der Waals surface area contributed by atoms with Gasteiger partial charge >= 0.3 is 0 Å². The molecule has 0 aliphatic rings. The topological polar surface area (TPSA) is 67.8 Å². The number of rotatable bonds is 7. The van der Waals surface area contributed by atoms with E-state index in [9.17, 15) is 14.3 Å². The van der Waals surface area contributed by atoms with Crippen molar-refractivity contribution < 1.29 is 23.8 Å². The molecule has 0 aromatic heterocycles. The molecule has 6 heteroatoms. The number of aliphatic hydroxyl groups excluding tert-OH is 1. The quantitative estimate of drug-likeness (QED) is 0.743. The molecule has 1 aromatic rings. The molecule has 0 bridgehead atoms. The monoisotopic (exact) mass is 285 g/mol. The van der Waals surface area contributed by atoms with Gasteiger partial charge < -0.3 is 19.9 Å². The maximum Gasteiger partial charge on any atom is 0.260 e. The summed E-state index contributed by atoms with van der Waals surface area (Å²) in [6.45, 7) is 3.85. The number of amides is 1. The number of carbonyl (C=O) groups is 1. The second-order valence-electron chi connectivity index (χ2n) is 4.40. The lowest BCUT2D eigenvalue weighted by atomic mass is 10.1. The first-order chi connectivity index (χ1) is 9.45. The predicted molar refractivity (Wildman–Crippen MR) is 72.0 cm³/mol. The number of ether oxygens (including phenoxy) is 2. The summed E-state index contributed by atoms with van der Waals surface area (Å²) in [5.41, 5.74) is 0.189. The second-order valence-corrected chi connectivity index (χ2v) is 4.40. The molecular formula is C14H20FNO4. The van der Waals surface area contributed by atoms with Crippen LogP contribution in [0.4, 0.5) is 4.39 Å². The first kappa shape index (κ1) is 16.4.